The molecule has 1 aromatic carbocycles. The van der Waals surface area contributed by atoms with Gasteiger partial charge in [0.2, 0.25) is 0 Å². The maximum Gasteiger partial charge on any atom is 0.178 e. The Morgan fingerprint density at radius 2 is 2.00 bits per heavy atom. The lowest BCUT2D eigenvalue weighted by Gasteiger charge is -2.27. The van der Waals surface area contributed by atoms with E-state index in [1.54, 1.807) is 12.1 Å². The second-order valence-corrected chi connectivity index (χ2v) is 5.26. The molecule has 0 fully saturated rings. The fourth-order valence-corrected chi connectivity index (χ4v) is 3.12. The quantitative estimate of drug-likeness (QED) is 0.773. The molecule has 0 N–H and O–H groups in total. The van der Waals surface area contributed by atoms with E-state index in [1.807, 2.05) is 6.07 Å². The molecule has 0 saturated carbocycles. The highest BCUT2D eigenvalue weighted by Gasteiger charge is 2.29. The molecular weight excluding hydrogens is 253 g/mol. The van der Waals surface area contributed by atoms with Crippen LogP contribution in [0.25, 0.3) is 5.57 Å². The first kappa shape index (κ1) is 12.8. The number of carbonyl (C=O) groups excluding carboxylic acids is 1. The van der Waals surface area contributed by atoms with Gasteiger partial charge in [-0.05, 0) is 49.0 Å². The lowest BCUT2D eigenvalue weighted by molar-refractivity contribution is -0.114. The summed E-state index contributed by atoms with van der Waals surface area (Å²) in [5, 5.41) is 9.31. The normalized spacial score (nSPS) is 18.9. The average molecular weight is 267 g/mol. The van der Waals surface area contributed by atoms with Crippen LogP contribution < -0.4 is 0 Å². The minimum absolute atomic E-state index is 0.132. The summed E-state index contributed by atoms with van der Waals surface area (Å²) in [4.78, 5) is 12.1. The first-order valence-corrected chi connectivity index (χ1v) is 6.85. The zero-order valence-corrected chi connectivity index (χ0v) is 11.1. The molecule has 0 aliphatic heterocycles. The van der Waals surface area contributed by atoms with Gasteiger partial charge < -0.3 is 0 Å². The highest BCUT2D eigenvalue weighted by atomic mass is 19.1. The Labute approximate surface area is 117 Å². The first-order valence-electron chi connectivity index (χ1n) is 6.85. The molecule has 0 spiro atoms. The predicted octanol–water partition coefficient (Wildman–Crippen LogP) is 3.95. The van der Waals surface area contributed by atoms with Gasteiger partial charge in [0.1, 0.15) is 17.5 Å². The monoisotopic (exact) mass is 267 g/mol. The zero-order chi connectivity index (χ0) is 14.1. The van der Waals surface area contributed by atoms with Crippen molar-refractivity contribution in [3.05, 3.63) is 52.4 Å². The molecule has 3 rings (SSSR count). The summed E-state index contributed by atoms with van der Waals surface area (Å²) in [6.07, 6.45) is 4.30. The topological polar surface area (TPSA) is 40.9 Å². The van der Waals surface area contributed by atoms with Crippen LogP contribution in [0.5, 0.6) is 0 Å². The molecule has 0 saturated heterocycles. The van der Waals surface area contributed by atoms with Gasteiger partial charge in [0.25, 0.3) is 0 Å². The molecule has 20 heavy (non-hydrogen) atoms. The van der Waals surface area contributed by atoms with Gasteiger partial charge in [-0.25, -0.2) is 4.39 Å². The van der Waals surface area contributed by atoms with Gasteiger partial charge >= 0.3 is 0 Å². The number of hydrogen-bond donors (Lipinski definition) is 0. The third-order valence-corrected chi connectivity index (χ3v) is 4.01. The molecule has 0 heterocycles. The minimum Gasteiger partial charge on any atom is -0.293 e. The van der Waals surface area contributed by atoms with Crippen LogP contribution >= 0.6 is 0 Å². The number of nitrogens with zero attached hydrogens (tertiary/aromatic N) is 1. The van der Waals surface area contributed by atoms with Crippen LogP contribution in [0.4, 0.5) is 4.39 Å². The fourth-order valence-electron chi connectivity index (χ4n) is 3.12. The Morgan fingerprint density at radius 3 is 2.75 bits per heavy atom. The molecule has 0 radical (unpaired) electrons. The van der Waals surface area contributed by atoms with Gasteiger partial charge in [-0.15, -0.1) is 0 Å². The van der Waals surface area contributed by atoms with Crippen molar-refractivity contribution in [1.29, 1.82) is 5.26 Å². The molecule has 1 aromatic rings. The van der Waals surface area contributed by atoms with Crippen LogP contribution in [0.15, 0.2) is 41.0 Å². The Balaban J connectivity index is 2.23. The molecule has 0 amide bonds. The number of Topliss-reactive ketones (excluding diaryl/α,β-unsaturated/α-hetero) is 1. The molecule has 0 atom stereocenters. The van der Waals surface area contributed by atoms with Crippen molar-refractivity contribution in [2.24, 2.45) is 0 Å². The molecule has 2 aliphatic carbocycles. The lowest BCUT2D eigenvalue weighted by Crippen LogP contribution is -2.16. The number of allylic oxidation sites excluding steroid dienone is 4. The van der Waals surface area contributed by atoms with E-state index in [-0.39, 0.29) is 17.2 Å². The first-order chi connectivity index (χ1) is 9.70. The summed E-state index contributed by atoms with van der Waals surface area (Å²) < 4.78 is 13.5. The van der Waals surface area contributed by atoms with Crippen LogP contribution in [0.2, 0.25) is 0 Å². The van der Waals surface area contributed by atoms with E-state index in [0.717, 1.165) is 36.8 Å². The third kappa shape index (κ3) is 2.08. The summed E-state index contributed by atoms with van der Waals surface area (Å²) in [6, 6.07) is 8.20. The van der Waals surface area contributed by atoms with E-state index < -0.39 is 0 Å². The Kier molecular flexibility index (Phi) is 3.23. The summed E-state index contributed by atoms with van der Waals surface area (Å²) >= 11 is 0. The van der Waals surface area contributed by atoms with E-state index in [2.05, 4.69) is 0 Å². The van der Waals surface area contributed by atoms with Crippen molar-refractivity contribution in [1.82, 2.24) is 0 Å². The number of carbonyl (C=O) groups is 1. The zero-order valence-electron chi connectivity index (χ0n) is 11.1. The van der Waals surface area contributed by atoms with Gasteiger partial charge in [-0.2, -0.15) is 5.26 Å². The van der Waals surface area contributed by atoms with E-state index in [4.69, 9.17) is 0 Å². The molecule has 100 valence electrons. The molecule has 0 aromatic heterocycles. The molecule has 2 nitrogen and oxygen atoms in total. The van der Waals surface area contributed by atoms with E-state index in [9.17, 15) is 14.4 Å². The number of rotatable bonds is 1. The minimum atomic E-state index is -0.344. The molecular formula is C17H14FNO. The van der Waals surface area contributed by atoms with Crippen molar-refractivity contribution in [3.63, 3.8) is 0 Å². The van der Waals surface area contributed by atoms with Crippen LogP contribution in [0.1, 0.15) is 37.7 Å². The molecule has 0 bridgehead atoms. The maximum absolute atomic E-state index is 13.5. The van der Waals surface area contributed by atoms with Gasteiger partial charge in [0.05, 0.1) is 0 Å². The van der Waals surface area contributed by atoms with Gasteiger partial charge in [0.15, 0.2) is 5.78 Å². The maximum atomic E-state index is 13.5. The van der Waals surface area contributed by atoms with Gasteiger partial charge in [0, 0.05) is 12.0 Å². The predicted molar refractivity (Wildman–Crippen MR) is 74.1 cm³/mol. The number of hydrogen-bond acceptors (Lipinski definition) is 2. The van der Waals surface area contributed by atoms with Crippen LogP contribution in [-0.2, 0) is 4.79 Å². The van der Waals surface area contributed by atoms with Crippen molar-refractivity contribution in [3.8, 4) is 6.07 Å². The van der Waals surface area contributed by atoms with E-state index >= 15 is 0 Å². The average Bonchev–Trinajstić information content (AvgIpc) is 2.45. The van der Waals surface area contributed by atoms with Crippen molar-refractivity contribution in [2.45, 2.75) is 32.1 Å². The Morgan fingerprint density at radius 1 is 1.20 bits per heavy atom. The SMILES string of the molecule is N#CC1=C(c2cccc(F)c2)C2=C(CCCC2)CC1=O. The standard InChI is InChI=1S/C17H14FNO/c18-13-6-3-5-12(8-13)17-14-7-2-1-4-11(14)9-16(20)15(17)10-19/h3,5-6,8H,1-2,4,7,9H2. The van der Waals surface area contributed by atoms with Crippen LogP contribution in [0.3, 0.4) is 0 Å². The largest absolute Gasteiger partial charge is 0.293 e. The highest BCUT2D eigenvalue weighted by molar-refractivity contribution is 6.12. The second kappa shape index (κ2) is 5.05. The van der Waals surface area contributed by atoms with E-state index in [0.29, 0.717) is 17.6 Å². The smallest absolute Gasteiger partial charge is 0.178 e. The van der Waals surface area contributed by atoms with Crippen LogP contribution in [0, 0.1) is 17.1 Å². The molecule has 0 unspecified atom stereocenters. The summed E-state index contributed by atoms with van der Waals surface area (Å²) in [6.45, 7) is 0. The van der Waals surface area contributed by atoms with E-state index in [1.165, 1.54) is 12.1 Å². The number of ketones is 1. The highest BCUT2D eigenvalue weighted by Crippen LogP contribution is 2.42. The lowest BCUT2D eigenvalue weighted by atomic mass is 9.76. The van der Waals surface area contributed by atoms with Crippen molar-refractivity contribution in [2.75, 3.05) is 0 Å². The van der Waals surface area contributed by atoms with Gasteiger partial charge in [-0.3, -0.25) is 4.79 Å². The number of halogens is 1. The summed E-state index contributed by atoms with van der Waals surface area (Å²) in [5.41, 5.74) is 3.73. The van der Waals surface area contributed by atoms with Crippen molar-refractivity contribution >= 4 is 11.4 Å². The van der Waals surface area contributed by atoms with Crippen molar-refractivity contribution < 1.29 is 9.18 Å². The summed E-state index contributed by atoms with van der Waals surface area (Å²) in [5.74, 6) is -0.476. The Bertz CT molecular complexity index is 691. The van der Waals surface area contributed by atoms with Gasteiger partial charge in [-0.1, -0.05) is 17.7 Å². The number of benzene rings is 1. The van der Waals surface area contributed by atoms with Crippen LogP contribution in [-0.4, -0.2) is 5.78 Å². The molecule has 3 heteroatoms. The Hall–Kier alpha value is -2.21. The fraction of sp³-hybridized carbons (Fsp3) is 0.294. The third-order valence-electron chi connectivity index (χ3n) is 4.01. The molecule has 2 aliphatic rings. The number of nitriles is 1. The second-order valence-electron chi connectivity index (χ2n) is 5.26. The summed E-state index contributed by atoms with van der Waals surface area (Å²) in [7, 11) is 0.